The van der Waals surface area contributed by atoms with Gasteiger partial charge in [-0.3, -0.25) is 0 Å². The monoisotopic (exact) mass is 753 g/mol. The van der Waals surface area contributed by atoms with Crippen molar-refractivity contribution in [2.45, 2.75) is 0 Å². The summed E-state index contributed by atoms with van der Waals surface area (Å²) in [6.45, 7) is 0. The van der Waals surface area contributed by atoms with Crippen molar-refractivity contribution in [3.05, 3.63) is 212 Å². The molecule has 0 saturated carbocycles. The molecule has 11 rings (SSSR count). The molecule has 2 heterocycles. The highest BCUT2D eigenvalue weighted by molar-refractivity contribution is 6.13. The topological polar surface area (TPSA) is 51.8 Å². The van der Waals surface area contributed by atoms with Crippen LogP contribution in [0.2, 0.25) is 0 Å². The van der Waals surface area contributed by atoms with Crippen molar-refractivity contribution >= 4 is 32.7 Å². The van der Waals surface area contributed by atoms with Crippen molar-refractivity contribution in [3.8, 4) is 78.7 Å². The van der Waals surface area contributed by atoms with Crippen LogP contribution >= 0.6 is 0 Å². The average Bonchev–Trinajstić information content (AvgIpc) is 3.70. The lowest BCUT2D eigenvalue weighted by atomic mass is 9.99. The first-order valence-corrected chi connectivity index (χ1v) is 19.8. The zero-order chi connectivity index (χ0) is 39.1. The minimum atomic E-state index is 0.579. The highest BCUT2D eigenvalue weighted by atomic mass is 16.3. The molecule has 4 heteroatoms. The Labute approximate surface area is 341 Å². The molecule has 4 nitrogen and oxygen atoms in total. The van der Waals surface area contributed by atoms with E-state index < -0.39 is 0 Å². The number of furan rings is 1. The van der Waals surface area contributed by atoms with Crippen LogP contribution in [0.15, 0.2) is 217 Å². The Hall–Kier alpha value is -7.95. The van der Waals surface area contributed by atoms with E-state index in [1.54, 1.807) is 0 Å². The van der Waals surface area contributed by atoms with Gasteiger partial charge in [0.1, 0.15) is 11.2 Å². The van der Waals surface area contributed by atoms with Gasteiger partial charge < -0.3 is 4.42 Å². The maximum atomic E-state index is 6.50. The molecule has 0 fully saturated rings. The molecule has 0 spiro atoms. The summed E-state index contributed by atoms with van der Waals surface area (Å²) in [5, 5.41) is 4.59. The maximum absolute atomic E-state index is 6.50. The Balaban J connectivity index is 0.985. The molecule has 0 N–H and O–H groups in total. The van der Waals surface area contributed by atoms with Gasteiger partial charge in [0.05, 0.1) is 0 Å². The first-order valence-electron chi connectivity index (χ1n) is 19.8. The van der Waals surface area contributed by atoms with Gasteiger partial charge in [-0.05, 0) is 79.5 Å². The highest BCUT2D eigenvalue weighted by Crippen LogP contribution is 2.38. The van der Waals surface area contributed by atoms with Gasteiger partial charge in [-0.2, -0.15) is 0 Å². The minimum Gasteiger partial charge on any atom is -0.456 e. The van der Waals surface area contributed by atoms with Crippen LogP contribution in [-0.2, 0) is 0 Å². The van der Waals surface area contributed by atoms with Crippen molar-refractivity contribution < 1.29 is 4.42 Å². The van der Waals surface area contributed by atoms with E-state index in [0.717, 1.165) is 72.0 Å². The Morgan fingerprint density at radius 3 is 1.34 bits per heavy atom. The fourth-order valence-electron chi connectivity index (χ4n) is 8.06. The van der Waals surface area contributed by atoms with Crippen molar-refractivity contribution in [1.29, 1.82) is 0 Å². The molecule has 0 aliphatic rings. The van der Waals surface area contributed by atoms with E-state index in [9.17, 15) is 0 Å². The van der Waals surface area contributed by atoms with E-state index in [-0.39, 0.29) is 0 Å². The van der Waals surface area contributed by atoms with Gasteiger partial charge in [-0.25, -0.2) is 15.0 Å². The van der Waals surface area contributed by atoms with E-state index in [2.05, 4.69) is 194 Å². The summed E-state index contributed by atoms with van der Waals surface area (Å²) in [7, 11) is 0. The normalized spacial score (nSPS) is 11.4. The molecular weight excluding hydrogens is 719 g/mol. The minimum absolute atomic E-state index is 0.579. The van der Waals surface area contributed by atoms with E-state index >= 15 is 0 Å². The average molecular weight is 754 g/mol. The summed E-state index contributed by atoms with van der Waals surface area (Å²) in [5.74, 6) is 1.78. The fraction of sp³-hybridized carbons (Fsp3) is 0. The molecular formula is C55H35N3O. The van der Waals surface area contributed by atoms with Crippen molar-refractivity contribution in [3.63, 3.8) is 0 Å². The van der Waals surface area contributed by atoms with Crippen LogP contribution in [0.5, 0.6) is 0 Å². The predicted molar refractivity (Wildman–Crippen MR) is 243 cm³/mol. The maximum Gasteiger partial charge on any atom is 0.164 e. The lowest BCUT2D eigenvalue weighted by Gasteiger charge is -2.10. The molecule has 0 unspecified atom stereocenters. The van der Waals surface area contributed by atoms with Crippen molar-refractivity contribution in [1.82, 2.24) is 15.0 Å². The number of hydrogen-bond acceptors (Lipinski definition) is 4. The Morgan fingerprint density at radius 2 is 0.729 bits per heavy atom. The van der Waals surface area contributed by atoms with Gasteiger partial charge in [0.15, 0.2) is 17.5 Å². The van der Waals surface area contributed by atoms with E-state index in [0.29, 0.717) is 17.5 Å². The van der Waals surface area contributed by atoms with Crippen LogP contribution in [0.1, 0.15) is 0 Å². The third-order valence-electron chi connectivity index (χ3n) is 11.2. The molecule has 0 radical (unpaired) electrons. The molecule has 11 aromatic rings. The van der Waals surface area contributed by atoms with Gasteiger partial charge in [-0.15, -0.1) is 0 Å². The van der Waals surface area contributed by atoms with E-state index in [1.807, 2.05) is 18.2 Å². The summed E-state index contributed by atoms with van der Waals surface area (Å²) < 4.78 is 6.50. The van der Waals surface area contributed by atoms with Gasteiger partial charge in [0.2, 0.25) is 0 Å². The predicted octanol–water partition coefficient (Wildman–Crippen LogP) is 14.6. The highest BCUT2D eigenvalue weighted by Gasteiger charge is 2.17. The summed E-state index contributed by atoms with van der Waals surface area (Å²) in [5.41, 5.74) is 13.6. The second kappa shape index (κ2) is 14.5. The standard InChI is InChI=1S/C55H35N3O/c1-3-10-36(11-4-1)38-18-20-39(21-19-38)40-22-27-43(28-23-40)53-56-54(44-29-24-41(25-30-44)46-31-26-37-12-7-8-15-45(37)34-46)58-55(57-53)47-32-33-49-51(35-47)59-50-17-9-16-48(52(49)50)42-13-5-2-6-14-42/h1-35H. The zero-order valence-corrected chi connectivity index (χ0v) is 32.0. The molecule has 0 bridgehead atoms. The van der Waals surface area contributed by atoms with Crippen LogP contribution in [0, 0.1) is 0 Å². The molecule has 0 aliphatic carbocycles. The van der Waals surface area contributed by atoms with Gasteiger partial charge in [-0.1, -0.05) is 188 Å². The number of rotatable bonds is 7. The van der Waals surface area contributed by atoms with Crippen LogP contribution in [0.3, 0.4) is 0 Å². The molecule has 0 amide bonds. The smallest absolute Gasteiger partial charge is 0.164 e. The fourth-order valence-corrected chi connectivity index (χ4v) is 8.06. The van der Waals surface area contributed by atoms with E-state index in [4.69, 9.17) is 19.4 Å². The Bertz CT molecular complexity index is 3280. The molecule has 2 aromatic heterocycles. The van der Waals surface area contributed by atoms with E-state index in [1.165, 1.54) is 21.9 Å². The second-order valence-electron chi connectivity index (χ2n) is 14.8. The first kappa shape index (κ1) is 34.3. The van der Waals surface area contributed by atoms with Crippen LogP contribution in [0.4, 0.5) is 0 Å². The van der Waals surface area contributed by atoms with Crippen molar-refractivity contribution in [2.75, 3.05) is 0 Å². The summed E-state index contributed by atoms with van der Waals surface area (Å²) in [4.78, 5) is 15.3. The third-order valence-corrected chi connectivity index (χ3v) is 11.2. The number of benzene rings is 9. The largest absolute Gasteiger partial charge is 0.456 e. The Kier molecular flexibility index (Phi) is 8.45. The molecule has 0 aliphatic heterocycles. The van der Waals surface area contributed by atoms with Crippen molar-refractivity contribution in [2.24, 2.45) is 0 Å². The van der Waals surface area contributed by atoms with Gasteiger partial charge in [0.25, 0.3) is 0 Å². The summed E-state index contributed by atoms with van der Waals surface area (Å²) in [6.07, 6.45) is 0. The first-order chi connectivity index (χ1) is 29.2. The van der Waals surface area contributed by atoms with Gasteiger partial charge in [0, 0.05) is 27.5 Å². The Morgan fingerprint density at radius 1 is 0.271 bits per heavy atom. The number of fused-ring (bicyclic) bond motifs is 4. The number of hydrogen-bond donors (Lipinski definition) is 0. The quantitative estimate of drug-likeness (QED) is 0.163. The molecule has 0 atom stereocenters. The van der Waals surface area contributed by atoms with Crippen LogP contribution < -0.4 is 0 Å². The van der Waals surface area contributed by atoms with Gasteiger partial charge >= 0.3 is 0 Å². The lowest BCUT2D eigenvalue weighted by Crippen LogP contribution is -2.00. The second-order valence-corrected chi connectivity index (χ2v) is 14.8. The van der Waals surface area contributed by atoms with Crippen LogP contribution in [-0.4, -0.2) is 15.0 Å². The number of aromatic nitrogens is 3. The number of nitrogens with zero attached hydrogens (tertiary/aromatic N) is 3. The molecule has 9 aromatic carbocycles. The SMILES string of the molecule is c1ccc(-c2ccc(-c3ccc(-c4nc(-c5ccc(-c6ccc7ccccc7c6)cc5)nc(-c5ccc6c(c5)oc5cccc(-c7ccccc7)c56)n4)cc3)cc2)cc1. The molecule has 59 heavy (non-hydrogen) atoms. The lowest BCUT2D eigenvalue weighted by molar-refractivity contribution is 0.669. The third kappa shape index (κ3) is 6.53. The summed E-state index contributed by atoms with van der Waals surface area (Å²) in [6, 6.07) is 74.1. The zero-order valence-electron chi connectivity index (χ0n) is 32.0. The molecule has 0 saturated heterocycles. The summed E-state index contributed by atoms with van der Waals surface area (Å²) >= 11 is 0. The molecule has 276 valence electrons. The van der Waals surface area contributed by atoms with Crippen LogP contribution in [0.25, 0.3) is 111 Å².